The zero-order valence-electron chi connectivity index (χ0n) is 28.1. The Balaban J connectivity index is 1.17. The summed E-state index contributed by atoms with van der Waals surface area (Å²) in [5.41, 5.74) is -2.33. The second kappa shape index (κ2) is 15.1. The maximum atomic E-state index is 14.7. The number of carboxylic acid groups (broad SMARTS) is 1. The van der Waals surface area contributed by atoms with Gasteiger partial charge in [0.25, 0.3) is 5.91 Å². The summed E-state index contributed by atoms with van der Waals surface area (Å²) in [6.45, 7) is -0.330. The fourth-order valence-electron chi connectivity index (χ4n) is 6.70. The number of hydrogen-bond donors (Lipinski definition) is 7. The number of benzene rings is 3. The number of amides is 6. The van der Waals surface area contributed by atoms with Crippen molar-refractivity contribution in [2.75, 3.05) is 26.2 Å². The fourth-order valence-corrected chi connectivity index (χ4v) is 6.95. The second-order valence-corrected chi connectivity index (χ2v) is 13.2. The monoisotopic (exact) mass is 793 g/mol. The van der Waals surface area contributed by atoms with Gasteiger partial charge in [-0.05, 0) is 49.1 Å². The van der Waals surface area contributed by atoms with Crippen LogP contribution in [-0.2, 0) is 11.2 Å². The van der Waals surface area contributed by atoms with Gasteiger partial charge in [0, 0.05) is 37.8 Å². The van der Waals surface area contributed by atoms with Crippen LogP contribution >= 0.6 is 11.6 Å². The molecule has 0 spiro atoms. The van der Waals surface area contributed by atoms with Crippen molar-refractivity contribution in [3.8, 4) is 23.0 Å². The minimum Gasteiger partial charge on any atom is -0.534 e. The highest BCUT2D eigenvalue weighted by molar-refractivity contribution is 6.47. The number of phenols is 3. The molecule has 0 aliphatic carbocycles. The van der Waals surface area contributed by atoms with Gasteiger partial charge in [-0.1, -0.05) is 17.7 Å². The molecule has 6 amide bonds. The van der Waals surface area contributed by atoms with Gasteiger partial charge in [0.1, 0.15) is 34.6 Å². The summed E-state index contributed by atoms with van der Waals surface area (Å²) in [5, 5.41) is 53.6. The van der Waals surface area contributed by atoms with E-state index in [1.54, 1.807) is 0 Å². The van der Waals surface area contributed by atoms with Gasteiger partial charge in [-0.3, -0.25) is 9.59 Å². The molecule has 3 heterocycles. The summed E-state index contributed by atoms with van der Waals surface area (Å²) in [4.78, 5) is 68.5. The van der Waals surface area contributed by atoms with Crippen LogP contribution in [0.25, 0.3) is 0 Å². The zero-order valence-corrected chi connectivity index (χ0v) is 28.8. The molecule has 6 rings (SSSR count). The number of carbonyl (C=O) groups excluding carboxylic acids is 4. The average Bonchev–Trinajstić information content (AvgIpc) is 3.54. The molecule has 55 heavy (non-hydrogen) atoms. The molecular formula is C33H29BClF4N5O11. The number of aromatic carboxylic acids is 1. The minimum absolute atomic E-state index is 0.0170. The van der Waals surface area contributed by atoms with Crippen LogP contribution in [0.4, 0.5) is 27.2 Å². The molecule has 0 radical (unpaired) electrons. The molecule has 22 heteroatoms. The Labute approximate surface area is 312 Å². The highest BCUT2D eigenvalue weighted by Crippen LogP contribution is 2.41. The van der Waals surface area contributed by atoms with Crippen LogP contribution in [0, 0.1) is 23.3 Å². The van der Waals surface area contributed by atoms with Crippen molar-refractivity contribution in [2.24, 2.45) is 0 Å². The van der Waals surface area contributed by atoms with Crippen LogP contribution in [0.3, 0.4) is 0 Å². The average molecular weight is 794 g/mol. The van der Waals surface area contributed by atoms with E-state index in [4.69, 9.17) is 16.3 Å². The number of carbonyl (C=O) groups is 5. The lowest BCUT2D eigenvalue weighted by Crippen LogP contribution is -2.56. The molecular weight excluding hydrogens is 765 g/mol. The van der Waals surface area contributed by atoms with Gasteiger partial charge in [-0.25, -0.2) is 36.8 Å². The number of fused-ring (bicyclic) bond motifs is 1. The third kappa shape index (κ3) is 7.19. The number of phenolic OH excluding ortho intramolecular Hbond substituents is 3. The first-order chi connectivity index (χ1) is 26.0. The van der Waals surface area contributed by atoms with Crippen molar-refractivity contribution >= 4 is 48.6 Å². The van der Waals surface area contributed by atoms with Gasteiger partial charge in [0.2, 0.25) is 5.91 Å². The number of halogens is 5. The van der Waals surface area contributed by atoms with E-state index >= 15 is 0 Å². The molecule has 1 unspecified atom stereocenters. The Morgan fingerprint density at radius 1 is 0.909 bits per heavy atom. The summed E-state index contributed by atoms with van der Waals surface area (Å²) in [7, 11) is -1.97. The van der Waals surface area contributed by atoms with E-state index in [2.05, 4.69) is 10.6 Å². The van der Waals surface area contributed by atoms with Gasteiger partial charge >= 0.3 is 25.1 Å². The fraction of sp³-hybridized carbons (Fsp3) is 0.303. The standard InChI is InChI=1S/C33H29BClF4N5O11/c35-23-15(12-18(38)26(46)27(23)47)25(29(48)40-20-11-13-1-2-17(37)22(31(50)51)28(13)55-34(20)54)41-32(52)44-10-9-43(33(44)53)14-5-7-42(8-6-14)30(49)21-16(36)3-4-19(45)24(21)39/h1-4,12,14,20,25,45-47,54H,5-11H2,(H,40,48)(H,41,52)(H,50,51)/t20-,25?/m0/s1. The Morgan fingerprint density at radius 3 is 2.24 bits per heavy atom. The minimum atomic E-state index is -2.02. The van der Waals surface area contributed by atoms with Crippen LogP contribution in [0.15, 0.2) is 30.3 Å². The lowest BCUT2D eigenvalue weighted by Gasteiger charge is -2.36. The number of likely N-dealkylation sites (tertiary alicyclic amines) is 1. The molecule has 290 valence electrons. The van der Waals surface area contributed by atoms with Gasteiger partial charge < -0.3 is 50.5 Å². The SMILES string of the molecule is O=C(O)c1c(F)ccc2c1OB(O)[C@@H](NC(=O)C(NC(=O)N1CCN(C3CCN(C(=O)c4c(F)ccc(O)c4F)CC3)C1=O)c1cc(F)c(O)c(O)c1Cl)C2. The number of nitrogens with zero attached hydrogens (tertiary/aromatic N) is 3. The molecule has 2 atom stereocenters. The largest absolute Gasteiger partial charge is 0.547 e. The number of urea groups is 2. The van der Waals surface area contributed by atoms with Gasteiger partial charge in [0.05, 0.1) is 11.0 Å². The molecule has 3 aromatic carbocycles. The van der Waals surface area contributed by atoms with Crippen LogP contribution in [0.2, 0.25) is 5.02 Å². The van der Waals surface area contributed by atoms with Crippen molar-refractivity contribution in [1.82, 2.24) is 25.3 Å². The summed E-state index contributed by atoms with van der Waals surface area (Å²) >= 11 is 6.16. The van der Waals surface area contributed by atoms with E-state index in [9.17, 15) is 67.0 Å². The van der Waals surface area contributed by atoms with E-state index in [0.29, 0.717) is 11.0 Å². The molecule has 2 saturated heterocycles. The summed E-state index contributed by atoms with van der Waals surface area (Å²) < 4.78 is 62.8. The smallest absolute Gasteiger partial charge is 0.534 e. The highest BCUT2D eigenvalue weighted by Gasteiger charge is 2.43. The molecule has 2 fully saturated rings. The topological polar surface area (TPSA) is 230 Å². The number of carboxylic acids is 1. The zero-order chi connectivity index (χ0) is 40.0. The molecule has 16 nitrogen and oxygen atoms in total. The quantitative estimate of drug-likeness (QED) is 0.105. The predicted octanol–water partition coefficient (Wildman–Crippen LogP) is 2.64. The Hall–Kier alpha value is -5.96. The van der Waals surface area contributed by atoms with Crippen LogP contribution in [0.5, 0.6) is 23.0 Å². The van der Waals surface area contributed by atoms with Crippen LogP contribution in [-0.4, -0.2) is 115 Å². The van der Waals surface area contributed by atoms with E-state index in [0.717, 1.165) is 29.2 Å². The summed E-state index contributed by atoms with van der Waals surface area (Å²) in [6.07, 6.45) is -0.0531. The molecule has 0 saturated carbocycles. The summed E-state index contributed by atoms with van der Waals surface area (Å²) in [5.74, 6) is -14.3. The molecule has 7 N–H and O–H groups in total. The Bertz CT molecular complexity index is 2130. The predicted molar refractivity (Wildman–Crippen MR) is 179 cm³/mol. The third-order valence-corrected chi connectivity index (χ3v) is 9.95. The third-order valence-electron chi connectivity index (χ3n) is 9.55. The Kier molecular flexibility index (Phi) is 10.6. The Morgan fingerprint density at radius 2 is 1.56 bits per heavy atom. The van der Waals surface area contributed by atoms with Gasteiger partial charge in [0.15, 0.2) is 28.9 Å². The van der Waals surface area contributed by atoms with Crippen molar-refractivity contribution in [2.45, 2.75) is 37.3 Å². The second-order valence-electron chi connectivity index (χ2n) is 12.8. The number of aromatic hydroxyl groups is 3. The highest BCUT2D eigenvalue weighted by atomic mass is 35.5. The van der Waals surface area contributed by atoms with Crippen LogP contribution < -0.4 is 15.3 Å². The number of piperidine rings is 1. The number of imide groups is 1. The van der Waals surface area contributed by atoms with Gasteiger partial charge in [-0.15, -0.1) is 0 Å². The van der Waals surface area contributed by atoms with E-state index in [1.807, 2.05) is 0 Å². The molecule has 0 aromatic heterocycles. The van der Waals surface area contributed by atoms with Crippen molar-refractivity contribution in [1.29, 1.82) is 0 Å². The van der Waals surface area contributed by atoms with Crippen molar-refractivity contribution in [3.05, 3.63) is 80.9 Å². The molecule has 3 aliphatic rings. The maximum Gasteiger partial charge on any atom is 0.547 e. The lowest BCUT2D eigenvalue weighted by molar-refractivity contribution is -0.123. The maximum absolute atomic E-state index is 14.7. The van der Waals surface area contributed by atoms with E-state index < -0.39 is 123 Å². The van der Waals surface area contributed by atoms with E-state index in [1.165, 1.54) is 4.90 Å². The first-order valence-electron chi connectivity index (χ1n) is 16.4. The number of hydrogen-bond acceptors (Lipinski definition) is 10. The van der Waals surface area contributed by atoms with E-state index in [-0.39, 0.29) is 51.0 Å². The first kappa shape index (κ1) is 38.8. The van der Waals surface area contributed by atoms with Gasteiger partial charge in [-0.2, -0.15) is 0 Å². The van der Waals surface area contributed by atoms with Crippen molar-refractivity contribution in [3.63, 3.8) is 0 Å². The molecule has 0 bridgehead atoms. The first-order valence-corrected chi connectivity index (χ1v) is 16.8. The molecule has 3 aliphatic heterocycles. The van der Waals surface area contributed by atoms with Crippen molar-refractivity contribution < 1.29 is 71.6 Å². The lowest BCUT2D eigenvalue weighted by atomic mass is 9.72. The summed E-state index contributed by atoms with van der Waals surface area (Å²) in [6, 6.07) is -0.560. The normalized spacial score (nSPS) is 17.8. The number of nitrogens with one attached hydrogen (secondary N) is 2. The molecule has 3 aromatic rings. The van der Waals surface area contributed by atoms with Crippen LogP contribution in [0.1, 0.15) is 50.7 Å². The number of rotatable bonds is 7.